The van der Waals surface area contributed by atoms with Crippen LogP contribution in [0.4, 0.5) is 0 Å². The second kappa shape index (κ2) is 9.48. The Kier molecular flexibility index (Phi) is 7.64. The maximum atomic E-state index is 12.0. The molecule has 24 heavy (non-hydrogen) atoms. The molecule has 1 unspecified atom stereocenters. The van der Waals surface area contributed by atoms with Gasteiger partial charge in [-0.2, -0.15) is 0 Å². The molecule has 1 heterocycles. The molecule has 7 heteroatoms. The molecule has 1 aromatic carbocycles. The van der Waals surface area contributed by atoms with Crippen LogP contribution in [0.2, 0.25) is 0 Å². The summed E-state index contributed by atoms with van der Waals surface area (Å²) >= 11 is 0. The van der Waals surface area contributed by atoms with Crippen LogP contribution < -0.4 is 4.72 Å². The Balaban J connectivity index is 1.96. The van der Waals surface area contributed by atoms with E-state index >= 15 is 0 Å². The van der Waals surface area contributed by atoms with Crippen molar-refractivity contribution in [3.63, 3.8) is 0 Å². The highest BCUT2D eigenvalue weighted by Crippen LogP contribution is 2.21. The SMILES string of the molecule is COCCCS(=O)(=O)NCc1ccccc1CN1CCCC1CO. The molecule has 1 aromatic rings. The van der Waals surface area contributed by atoms with Gasteiger partial charge in [-0.3, -0.25) is 4.90 Å². The molecule has 1 saturated heterocycles. The van der Waals surface area contributed by atoms with E-state index in [9.17, 15) is 13.5 Å². The van der Waals surface area contributed by atoms with Crippen molar-refractivity contribution in [1.82, 2.24) is 9.62 Å². The molecule has 0 aliphatic carbocycles. The van der Waals surface area contributed by atoms with Crippen LogP contribution >= 0.6 is 0 Å². The highest BCUT2D eigenvalue weighted by Gasteiger charge is 2.24. The van der Waals surface area contributed by atoms with Crippen molar-refractivity contribution < 1.29 is 18.3 Å². The summed E-state index contributed by atoms with van der Waals surface area (Å²) in [7, 11) is -1.73. The third-order valence-corrected chi connectivity index (χ3v) is 5.86. The Hall–Kier alpha value is -0.990. The predicted octanol–water partition coefficient (Wildman–Crippen LogP) is 1.10. The van der Waals surface area contributed by atoms with Gasteiger partial charge in [0.05, 0.1) is 12.4 Å². The normalized spacial score (nSPS) is 19.0. The van der Waals surface area contributed by atoms with E-state index in [2.05, 4.69) is 9.62 Å². The minimum absolute atomic E-state index is 0.0711. The number of nitrogens with zero attached hydrogens (tertiary/aromatic N) is 1. The lowest BCUT2D eigenvalue weighted by Crippen LogP contribution is -2.32. The lowest BCUT2D eigenvalue weighted by Gasteiger charge is -2.24. The summed E-state index contributed by atoms with van der Waals surface area (Å²) in [6, 6.07) is 8.09. The van der Waals surface area contributed by atoms with Crippen LogP contribution in [-0.4, -0.2) is 57.1 Å². The number of benzene rings is 1. The highest BCUT2D eigenvalue weighted by molar-refractivity contribution is 7.89. The molecular weight excluding hydrogens is 328 g/mol. The molecule has 6 nitrogen and oxygen atoms in total. The molecule has 136 valence electrons. The van der Waals surface area contributed by atoms with Gasteiger partial charge in [-0.1, -0.05) is 24.3 Å². The minimum atomic E-state index is -3.30. The fourth-order valence-corrected chi connectivity index (χ4v) is 4.08. The summed E-state index contributed by atoms with van der Waals surface area (Å²) in [5, 5.41) is 9.45. The third-order valence-electron chi connectivity index (χ3n) is 4.45. The summed E-state index contributed by atoms with van der Waals surface area (Å²) in [6.45, 7) is 2.63. The molecule has 2 rings (SSSR count). The number of aliphatic hydroxyl groups excluding tert-OH is 1. The van der Waals surface area contributed by atoms with Crippen LogP contribution in [-0.2, 0) is 27.8 Å². The van der Waals surface area contributed by atoms with E-state index in [0.717, 1.165) is 37.1 Å². The van der Waals surface area contributed by atoms with E-state index in [1.807, 2.05) is 24.3 Å². The first kappa shape index (κ1) is 19.3. The van der Waals surface area contributed by atoms with Crippen molar-refractivity contribution in [3.8, 4) is 0 Å². The van der Waals surface area contributed by atoms with E-state index in [-0.39, 0.29) is 18.4 Å². The molecule has 0 spiro atoms. The number of ether oxygens (including phenoxy) is 1. The van der Waals surface area contributed by atoms with E-state index in [1.54, 1.807) is 7.11 Å². The van der Waals surface area contributed by atoms with Crippen molar-refractivity contribution in [3.05, 3.63) is 35.4 Å². The first-order chi connectivity index (χ1) is 11.6. The van der Waals surface area contributed by atoms with Gasteiger partial charge < -0.3 is 9.84 Å². The van der Waals surface area contributed by atoms with Crippen molar-refractivity contribution >= 4 is 10.0 Å². The average Bonchev–Trinajstić information content (AvgIpc) is 3.01. The van der Waals surface area contributed by atoms with Gasteiger partial charge in [-0.15, -0.1) is 0 Å². The van der Waals surface area contributed by atoms with Crippen LogP contribution in [0, 0.1) is 0 Å². The summed E-state index contributed by atoms with van der Waals surface area (Å²) < 4.78 is 31.6. The third kappa shape index (κ3) is 5.82. The van der Waals surface area contributed by atoms with Crippen molar-refractivity contribution in [2.45, 2.75) is 38.4 Å². The topological polar surface area (TPSA) is 78.9 Å². The quantitative estimate of drug-likeness (QED) is 0.614. The number of hydrogen-bond donors (Lipinski definition) is 2. The Morgan fingerprint density at radius 3 is 2.79 bits per heavy atom. The van der Waals surface area contributed by atoms with Gasteiger partial charge in [-0.05, 0) is 36.9 Å². The van der Waals surface area contributed by atoms with Crippen LogP contribution in [0.1, 0.15) is 30.4 Å². The second-order valence-corrected chi connectivity index (χ2v) is 8.13. The number of methoxy groups -OCH3 is 1. The number of rotatable bonds is 10. The summed E-state index contributed by atoms with van der Waals surface area (Å²) in [5.41, 5.74) is 2.09. The van der Waals surface area contributed by atoms with Gasteiger partial charge in [0, 0.05) is 32.8 Å². The zero-order chi connectivity index (χ0) is 17.4. The first-order valence-electron chi connectivity index (χ1n) is 8.43. The zero-order valence-corrected chi connectivity index (χ0v) is 15.1. The first-order valence-corrected chi connectivity index (χ1v) is 10.1. The van der Waals surface area contributed by atoms with Crippen molar-refractivity contribution in [1.29, 1.82) is 0 Å². The van der Waals surface area contributed by atoms with Gasteiger partial charge in [0.1, 0.15) is 0 Å². The summed E-state index contributed by atoms with van der Waals surface area (Å²) in [5.74, 6) is 0.0711. The largest absolute Gasteiger partial charge is 0.395 e. The van der Waals surface area contributed by atoms with Gasteiger partial charge >= 0.3 is 0 Å². The molecular formula is C17H28N2O4S. The molecule has 0 amide bonds. The Labute approximate surface area is 144 Å². The van der Waals surface area contributed by atoms with Gasteiger partial charge in [0.2, 0.25) is 10.0 Å². The smallest absolute Gasteiger partial charge is 0.211 e. The monoisotopic (exact) mass is 356 g/mol. The van der Waals surface area contributed by atoms with E-state index in [0.29, 0.717) is 19.6 Å². The Morgan fingerprint density at radius 1 is 1.33 bits per heavy atom. The minimum Gasteiger partial charge on any atom is -0.395 e. The lowest BCUT2D eigenvalue weighted by atomic mass is 10.1. The summed E-state index contributed by atoms with van der Waals surface area (Å²) in [4.78, 5) is 2.27. The van der Waals surface area contributed by atoms with E-state index in [4.69, 9.17) is 4.74 Å². The maximum absolute atomic E-state index is 12.0. The zero-order valence-electron chi connectivity index (χ0n) is 14.3. The molecule has 2 N–H and O–H groups in total. The van der Waals surface area contributed by atoms with E-state index in [1.165, 1.54) is 0 Å². The van der Waals surface area contributed by atoms with Gasteiger partial charge in [0.25, 0.3) is 0 Å². The Bertz CT molecular complexity index is 606. The van der Waals surface area contributed by atoms with Crippen LogP contribution in [0.5, 0.6) is 0 Å². The maximum Gasteiger partial charge on any atom is 0.211 e. The number of aliphatic hydroxyl groups is 1. The number of nitrogens with one attached hydrogen (secondary N) is 1. The fourth-order valence-electron chi connectivity index (χ4n) is 3.07. The van der Waals surface area contributed by atoms with E-state index < -0.39 is 10.0 Å². The molecule has 0 saturated carbocycles. The van der Waals surface area contributed by atoms with Crippen LogP contribution in [0.15, 0.2) is 24.3 Å². The standard InChI is InChI=1S/C17H28N2O4S/c1-23-10-5-11-24(21,22)18-12-15-6-2-3-7-16(15)13-19-9-4-8-17(19)14-20/h2-3,6-7,17-18,20H,4-5,8-14H2,1H3. The molecule has 1 atom stereocenters. The van der Waals surface area contributed by atoms with Crippen LogP contribution in [0.25, 0.3) is 0 Å². The fraction of sp³-hybridized carbons (Fsp3) is 0.647. The van der Waals surface area contributed by atoms with Gasteiger partial charge in [0.15, 0.2) is 0 Å². The average molecular weight is 356 g/mol. The summed E-state index contributed by atoms with van der Waals surface area (Å²) in [6.07, 6.45) is 2.60. The highest BCUT2D eigenvalue weighted by atomic mass is 32.2. The number of likely N-dealkylation sites (tertiary alicyclic amines) is 1. The predicted molar refractivity (Wildman–Crippen MR) is 94.1 cm³/mol. The molecule has 1 aliphatic heterocycles. The number of hydrogen-bond acceptors (Lipinski definition) is 5. The van der Waals surface area contributed by atoms with Gasteiger partial charge in [-0.25, -0.2) is 13.1 Å². The second-order valence-electron chi connectivity index (χ2n) is 6.20. The number of sulfonamides is 1. The molecule has 0 aromatic heterocycles. The Morgan fingerprint density at radius 2 is 2.08 bits per heavy atom. The lowest BCUT2D eigenvalue weighted by molar-refractivity contribution is 0.153. The van der Waals surface area contributed by atoms with Crippen molar-refractivity contribution in [2.24, 2.45) is 0 Å². The van der Waals surface area contributed by atoms with Crippen molar-refractivity contribution in [2.75, 3.05) is 32.6 Å². The molecule has 0 radical (unpaired) electrons. The molecule has 1 aliphatic rings. The molecule has 0 bridgehead atoms. The molecule has 1 fully saturated rings. The van der Waals surface area contributed by atoms with Crippen LogP contribution in [0.3, 0.4) is 0 Å².